The maximum absolute atomic E-state index is 10.7. The molecular weight excluding hydrogens is 146 g/mol. The standard InChI is InChI=1S/C7H11NO3/c1-4(8)7(5(2)9)11-6(3)10/h7-8H,1-3H3. The summed E-state index contributed by atoms with van der Waals surface area (Å²) < 4.78 is 4.56. The van der Waals surface area contributed by atoms with Crippen LogP contribution in [0.4, 0.5) is 0 Å². The summed E-state index contributed by atoms with van der Waals surface area (Å²) in [6.07, 6.45) is -0.993. The van der Waals surface area contributed by atoms with E-state index in [4.69, 9.17) is 5.41 Å². The molecule has 4 heteroatoms. The second-order valence-electron chi connectivity index (χ2n) is 2.28. The lowest BCUT2D eigenvalue weighted by atomic mass is 10.2. The third-order valence-corrected chi connectivity index (χ3v) is 1.05. The average molecular weight is 157 g/mol. The van der Waals surface area contributed by atoms with Crippen molar-refractivity contribution in [1.82, 2.24) is 0 Å². The SMILES string of the molecule is CC(=N)C(OC(C)=O)C(C)=O. The summed E-state index contributed by atoms with van der Waals surface area (Å²) in [7, 11) is 0. The lowest BCUT2D eigenvalue weighted by molar-refractivity contribution is -0.148. The number of carbonyl (C=O) groups excluding carboxylic acids is 2. The zero-order chi connectivity index (χ0) is 9.02. The Morgan fingerprint density at radius 3 is 1.82 bits per heavy atom. The van der Waals surface area contributed by atoms with Gasteiger partial charge >= 0.3 is 5.97 Å². The van der Waals surface area contributed by atoms with Gasteiger partial charge in [0.05, 0.1) is 5.71 Å². The van der Waals surface area contributed by atoms with Crippen LogP contribution in [0.25, 0.3) is 0 Å². The molecule has 1 unspecified atom stereocenters. The van der Waals surface area contributed by atoms with Gasteiger partial charge in [-0.25, -0.2) is 0 Å². The monoisotopic (exact) mass is 157 g/mol. The van der Waals surface area contributed by atoms with Gasteiger partial charge < -0.3 is 10.1 Å². The maximum Gasteiger partial charge on any atom is 0.303 e. The largest absolute Gasteiger partial charge is 0.448 e. The molecule has 0 aliphatic carbocycles. The Bertz CT molecular complexity index is 184. The number of carbonyl (C=O) groups is 2. The van der Waals surface area contributed by atoms with Gasteiger partial charge in [-0.1, -0.05) is 0 Å². The van der Waals surface area contributed by atoms with Crippen molar-refractivity contribution in [3.63, 3.8) is 0 Å². The first-order valence-electron chi connectivity index (χ1n) is 3.18. The highest BCUT2D eigenvalue weighted by Gasteiger charge is 2.18. The topological polar surface area (TPSA) is 67.2 Å². The van der Waals surface area contributed by atoms with E-state index in [1.807, 2.05) is 0 Å². The molecular formula is C7H11NO3. The number of hydrogen-bond donors (Lipinski definition) is 1. The van der Waals surface area contributed by atoms with Crippen molar-refractivity contribution in [2.45, 2.75) is 26.9 Å². The van der Waals surface area contributed by atoms with Crippen molar-refractivity contribution in [2.75, 3.05) is 0 Å². The molecule has 62 valence electrons. The molecule has 1 atom stereocenters. The van der Waals surface area contributed by atoms with Crippen LogP contribution in [0.15, 0.2) is 0 Å². The van der Waals surface area contributed by atoms with E-state index in [-0.39, 0.29) is 11.5 Å². The summed E-state index contributed by atoms with van der Waals surface area (Å²) in [5, 5.41) is 7.08. The molecule has 0 aromatic heterocycles. The average Bonchev–Trinajstić information content (AvgIpc) is 1.81. The van der Waals surface area contributed by atoms with Crippen molar-refractivity contribution >= 4 is 17.5 Å². The molecule has 0 aliphatic heterocycles. The number of hydrogen-bond acceptors (Lipinski definition) is 4. The molecule has 0 saturated carbocycles. The van der Waals surface area contributed by atoms with Gasteiger partial charge in [0.25, 0.3) is 0 Å². The summed E-state index contributed by atoms with van der Waals surface area (Å²) in [5.41, 5.74) is 0.0488. The normalized spacial score (nSPS) is 11.9. The lowest BCUT2D eigenvalue weighted by Crippen LogP contribution is -2.30. The fourth-order valence-electron chi connectivity index (χ4n) is 0.642. The van der Waals surface area contributed by atoms with Gasteiger partial charge in [0.15, 0.2) is 11.9 Å². The number of rotatable bonds is 3. The molecule has 1 N–H and O–H groups in total. The number of nitrogens with one attached hydrogen (secondary N) is 1. The fourth-order valence-corrected chi connectivity index (χ4v) is 0.642. The van der Waals surface area contributed by atoms with Crippen LogP contribution in [0.2, 0.25) is 0 Å². The molecule has 0 heterocycles. The minimum absolute atomic E-state index is 0.0488. The van der Waals surface area contributed by atoms with Crippen LogP contribution in [0, 0.1) is 5.41 Å². The second-order valence-corrected chi connectivity index (χ2v) is 2.28. The zero-order valence-electron chi connectivity index (χ0n) is 6.80. The number of Topliss-reactive ketones (excluding diaryl/α,β-unsaturated/α-hetero) is 1. The van der Waals surface area contributed by atoms with Crippen molar-refractivity contribution in [3.05, 3.63) is 0 Å². The Labute approximate surface area is 65.1 Å². The van der Waals surface area contributed by atoms with Crippen LogP contribution in [-0.4, -0.2) is 23.6 Å². The Morgan fingerprint density at radius 2 is 1.73 bits per heavy atom. The minimum Gasteiger partial charge on any atom is -0.448 e. The first kappa shape index (κ1) is 9.81. The van der Waals surface area contributed by atoms with Crippen molar-refractivity contribution in [2.24, 2.45) is 0 Å². The molecule has 0 spiro atoms. The molecule has 0 rings (SSSR count). The number of ketones is 1. The molecule has 0 fully saturated rings. The lowest BCUT2D eigenvalue weighted by Gasteiger charge is -2.11. The first-order chi connectivity index (χ1) is 4.95. The van der Waals surface area contributed by atoms with Crippen molar-refractivity contribution < 1.29 is 14.3 Å². The van der Waals surface area contributed by atoms with E-state index in [9.17, 15) is 9.59 Å². The van der Waals surface area contributed by atoms with Gasteiger partial charge in [-0.15, -0.1) is 0 Å². The highest BCUT2D eigenvalue weighted by atomic mass is 16.5. The van der Waals surface area contributed by atoms with Crippen LogP contribution in [0.1, 0.15) is 20.8 Å². The van der Waals surface area contributed by atoms with Crippen LogP contribution in [0.5, 0.6) is 0 Å². The minimum atomic E-state index is -0.993. The molecule has 0 aliphatic rings. The Hall–Kier alpha value is -1.19. The summed E-state index contributed by atoms with van der Waals surface area (Å²) in [4.78, 5) is 21.1. The van der Waals surface area contributed by atoms with E-state index >= 15 is 0 Å². The van der Waals surface area contributed by atoms with E-state index in [1.54, 1.807) is 0 Å². The van der Waals surface area contributed by atoms with E-state index < -0.39 is 12.1 Å². The predicted octanol–water partition coefficient (Wildman–Crippen LogP) is 0.547. The fraction of sp³-hybridized carbons (Fsp3) is 0.571. The number of esters is 1. The van der Waals surface area contributed by atoms with Gasteiger partial charge in [0.2, 0.25) is 0 Å². The highest BCUT2D eigenvalue weighted by Crippen LogP contribution is 1.96. The zero-order valence-corrected chi connectivity index (χ0v) is 6.80. The molecule has 0 aromatic rings. The summed E-state index contributed by atoms with van der Waals surface area (Å²) >= 11 is 0. The summed E-state index contributed by atoms with van der Waals surface area (Å²) in [6, 6.07) is 0. The van der Waals surface area contributed by atoms with E-state index in [1.165, 1.54) is 20.8 Å². The van der Waals surface area contributed by atoms with Crippen molar-refractivity contribution in [3.8, 4) is 0 Å². The van der Waals surface area contributed by atoms with Gasteiger partial charge in [-0.2, -0.15) is 0 Å². The third kappa shape index (κ3) is 3.50. The highest BCUT2D eigenvalue weighted by molar-refractivity contribution is 6.05. The second kappa shape index (κ2) is 3.85. The van der Waals surface area contributed by atoms with Crippen LogP contribution in [-0.2, 0) is 14.3 Å². The molecule has 0 bridgehead atoms. The van der Waals surface area contributed by atoms with Gasteiger partial charge in [0, 0.05) is 6.92 Å². The molecule has 11 heavy (non-hydrogen) atoms. The van der Waals surface area contributed by atoms with Crippen LogP contribution in [0.3, 0.4) is 0 Å². The summed E-state index contributed by atoms with van der Waals surface area (Å²) in [6.45, 7) is 3.92. The predicted molar refractivity (Wildman–Crippen MR) is 39.6 cm³/mol. The Balaban J connectivity index is 4.23. The molecule has 0 saturated heterocycles. The first-order valence-corrected chi connectivity index (χ1v) is 3.18. The smallest absolute Gasteiger partial charge is 0.303 e. The number of ether oxygens (including phenoxy) is 1. The Morgan fingerprint density at radius 1 is 1.27 bits per heavy atom. The van der Waals surface area contributed by atoms with E-state index in [2.05, 4.69) is 4.74 Å². The maximum atomic E-state index is 10.7. The van der Waals surface area contributed by atoms with Crippen LogP contribution < -0.4 is 0 Å². The molecule has 0 radical (unpaired) electrons. The Kier molecular flexibility index (Phi) is 3.44. The van der Waals surface area contributed by atoms with Crippen molar-refractivity contribution in [1.29, 1.82) is 5.41 Å². The van der Waals surface area contributed by atoms with E-state index in [0.29, 0.717) is 0 Å². The molecule has 0 amide bonds. The third-order valence-electron chi connectivity index (χ3n) is 1.05. The van der Waals surface area contributed by atoms with Gasteiger partial charge in [0.1, 0.15) is 0 Å². The van der Waals surface area contributed by atoms with Gasteiger partial charge in [-0.3, -0.25) is 9.59 Å². The quantitative estimate of drug-likeness (QED) is 0.480. The molecule has 0 aromatic carbocycles. The van der Waals surface area contributed by atoms with Gasteiger partial charge in [-0.05, 0) is 13.8 Å². The van der Waals surface area contributed by atoms with Crippen LogP contribution >= 0.6 is 0 Å². The molecule has 4 nitrogen and oxygen atoms in total. The van der Waals surface area contributed by atoms with E-state index in [0.717, 1.165) is 0 Å². The summed E-state index contributed by atoms with van der Waals surface area (Å²) in [5.74, 6) is -0.871.